The molecular formula is C41H41N5O8. The summed E-state index contributed by atoms with van der Waals surface area (Å²) in [5.41, 5.74) is -1.11. The van der Waals surface area contributed by atoms with Gasteiger partial charge in [-0.25, -0.2) is 28.5 Å². The lowest BCUT2D eigenvalue weighted by Gasteiger charge is -2.58. The highest BCUT2D eigenvalue weighted by atomic mass is 16.5. The normalized spacial score (nSPS) is 23.6. The zero-order valence-electron chi connectivity index (χ0n) is 31.2. The minimum atomic E-state index is -1.32. The lowest BCUT2D eigenvalue weighted by molar-refractivity contribution is -0.151. The van der Waals surface area contributed by atoms with Crippen molar-refractivity contribution in [1.29, 1.82) is 0 Å². The Labute approximate surface area is 309 Å². The first-order valence-corrected chi connectivity index (χ1v) is 17.9. The Hall–Kier alpha value is -5.98. The molecule has 2 aliphatic carbocycles. The summed E-state index contributed by atoms with van der Waals surface area (Å²) < 4.78 is 16.1. The van der Waals surface area contributed by atoms with Gasteiger partial charge in [0.15, 0.2) is 23.1 Å². The zero-order valence-corrected chi connectivity index (χ0v) is 31.2. The van der Waals surface area contributed by atoms with Crippen LogP contribution in [-0.2, 0) is 36.1 Å². The number of ketones is 2. The minimum Gasteiger partial charge on any atom is -0.507 e. The Bertz CT molecular complexity index is 2750. The topological polar surface area (TPSA) is 157 Å². The number of carbonyl (C=O) groups excluding carboxylic acids is 2. The van der Waals surface area contributed by atoms with Crippen LogP contribution in [0.1, 0.15) is 57.3 Å². The number of aromatic nitrogens is 5. The molecule has 0 unspecified atom stereocenters. The van der Waals surface area contributed by atoms with Gasteiger partial charge in [-0.3, -0.25) is 14.4 Å². The van der Waals surface area contributed by atoms with Crippen LogP contribution in [0.3, 0.4) is 0 Å². The number of fused-ring (bicyclic) bond motifs is 6. The fraction of sp³-hybridized carbons (Fsp3) is 0.366. The maximum absolute atomic E-state index is 14.6. The smallest absolute Gasteiger partial charge is 0.347 e. The SMILES string of the molecule is COc1cc2nc(CCn3c(=O)n4n(c3=O)[C@@H]3C[C@@]5(C)C(=O)C(C)=C(C)C(=O)[C@@]5(C)[C@@H](c5ccc6ccccc6c5O)C3=CC4)c(=O)n(C)c2cc1OC. The lowest BCUT2D eigenvalue weighted by atomic mass is 9.43. The van der Waals surface area contributed by atoms with E-state index in [1.807, 2.05) is 36.4 Å². The Morgan fingerprint density at radius 3 is 2.31 bits per heavy atom. The van der Waals surface area contributed by atoms with Crippen molar-refractivity contribution in [3.8, 4) is 17.2 Å². The highest BCUT2D eigenvalue weighted by molar-refractivity contribution is 6.17. The van der Waals surface area contributed by atoms with Crippen molar-refractivity contribution in [2.24, 2.45) is 17.9 Å². The van der Waals surface area contributed by atoms with E-state index in [9.17, 15) is 29.1 Å². The Balaban J connectivity index is 1.25. The first kappa shape index (κ1) is 35.1. The molecule has 3 aromatic carbocycles. The lowest BCUT2D eigenvalue weighted by Crippen LogP contribution is -2.61. The number of phenols is 1. The Kier molecular flexibility index (Phi) is 7.81. The van der Waals surface area contributed by atoms with E-state index in [0.29, 0.717) is 50.2 Å². The average Bonchev–Trinajstić information content (AvgIpc) is 3.42. The molecule has 1 N–H and O–H groups in total. The number of nitrogens with zero attached hydrogens (tertiary/aromatic N) is 5. The zero-order chi connectivity index (χ0) is 38.6. The first-order chi connectivity index (χ1) is 25.7. The molecule has 1 saturated carbocycles. The molecule has 1 fully saturated rings. The molecule has 3 aliphatic rings. The highest BCUT2D eigenvalue weighted by Gasteiger charge is 2.67. The Morgan fingerprint density at radius 1 is 0.907 bits per heavy atom. The molecule has 8 rings (SSSR count). The van der Waals surface area contributed by atoms with Crippen molar-refractivity contribution in [2.75, 3.05) is 14.2 Å². The van der Waals surface area contributed by atoms with Crippen molar-refractivity contribution < 1.29 is 24.2 Å². The number of allylic oxidation sites excluding steroid dienone is 4. The van der Waals surface area contributed by atoms with Gasteiger partial charge in [0.05, 0.1) is 43.3 Å². The monoisotopic (exact) mass is 731 g/mol. The van der Waals surface area contributed by atoms with Crippen molar-refractivity contribution >= 4 is 33.4 Å². The second kappa shape index (κ2) is 12.0. The molecule has 4 atom stereocenters. The van der Waals surface area contributed by atoms with Crippen LogP contribution >= 0.6 is 0 Å². The van der Waals surface area contributed by atoms with Gasteiger partial charge >= 0.3 is 11.4 Å². The van der Waals surface area contributed by atoms with E-state index in [0.717, 1.165) is 9.95 Å². The molecule has 278 valence electrons. The molecule has 0 spiro atoms. The minimum absolute atomic E-state index is 0.000752. The standard InChI is InChI=1S/C41H41N5O8/c1-21-22(2)36(49)41(4)33(26-13-12-23-10-8-9-11-24(23)34(26)47)25-14-17-45-38(51)44(39(52)46(45)30(25)20-40(41,3)35(21)48)16-15-27-37(50)43(5)29-19-32(54-7)31(53-6)18-28(29)42-27/h8-14,18-19,30,33,47H,15-17,20H2,1-7H3/t30-,33-,40+,41-/m1/s1. The third-order valence-electron chi connectivity index (χ3n) is 12.7. The van der Waals surface area contributed by atoms with Gasteiger partial charge in [0.1, 0.15) is 11.4 Å². The second-order valence-electron chi connectivity index (χ2n) is 15.0. The van der Waals surface area contributed by atoms with Crippen molar-refractivity contribution in [2.45, 2.75) is 65.6 Å². The van der Waals surface area contributed by atoms with Crippen LogP contribution in [0.4, 0.5) is 0 Å². The van der Waals surface area contributed by atoms with Crippen LogP contribution in [-0.4, -0.2) is 54.4 Å². The van der Waals surface area contributed by atoms with Crippen LogP contribution in [0.15, 0.2) is 85.7 Å². The molecule has 3 heterocycles. The average molecular weight is 732 g/mol. The van der Waals surface area contributed by atoms with Gasteiger partial charge in [0.25, 0.3) is 5.56 Å². The molecule has 1 aliphatic heterocycles. The van der Waals surface area contributed by atoms with E-state index >= 15 is 0 Å². The van der Waals surface area contributed by atoms with Crippen LogP contribution in [0.5, 0.6) is 17.2 Å². The summed E-state index contributed by atoms with van der Waals surface area (Å²) in [5.74, 6) is -0.312. The summed E-state index contributed by atoms with van der Waals surface area (Å²) >= 11 is 0. The quantitative estimate of drug-likeness (QED) is 0.251. The summed E-state index contributed by atoms with van der Waals surface area (Å²) in [5, 5.41) is 13.3. The number of rotatable bonds is 6. The second-order valence-corrected chi connectivity index (χ2v) is 15.0. The predicted octanol–water partition coefficient (Wildman–Crippen LogP) is 4.35. The van der Waals surface area contributed by atoms with Crippen LogP contribution < -0.4 is 26.4 Å². The number of aryl methyl sites for hydroxylation is 2. The summed E-state index contributed by atoms with van der Waals surface area (Å²) in [6.45, 7) is 6.81. The van der Waals surface area contributed by atoms with Crippen molar-refractivity contribution in [3.63, 3.8) is 0 Å². The molecule has 0 amide bonds. The number of ether oxygens (including phenoxy) is 2. The predicted molar refractivity (Wildman–Crippen MR) is 201 cm³/mol. The van der Waals surface area contributed by atoms with E-state index in [1.165, 1.54) is 28.2 Å². The van der Waals surface area contributed by atoms with E-state index in [4.69, 9.17) is 9.47 Å². The largest absolute Gasteiger partial charge is 0.507 e. The fourth-order valence-corrected chi connectivity index (χ4v) is 9.38. The number of Topliss-reactive ketones (excluding diaryl/α,β-unsaturated/α-hetero) is 2. The van der Waals surface area contributed by atoms with Gasteiger partial charge in [0, 0.05) is 54.4 Å². The summed E-state index contributed by atoms with van der Waals surface area (Å²) in [6.07, 6.45) is 1.93. The summed E-state index contributed by atoms with van der Waals surface area (Å²) in [6, 6.07) is 13.6. The van der Waals surface area contributed by atoms with Gasteiger partial charge in [-0.2, -0.15) is 0 Å². The van der Waals surface area contributed by atoms with Crippen LogP contribution in [0, 0.1) is 10.8 Å². The molecule has 0 saturated heterocycles. The number of hydrogen-bond donors (Lipinski definition) is 1. The number of benzene rings is 3. The maximum Gasteiger partial charge on any atom is 0.347 e. The number of aromatic hydroxyl groups is 1. The van der Waals surface area contributed by atoms with E-state index in [-0.39, 0.29) is 54.5 Å². The van der Waals surface area contributed by atoms with Gasteiger partial charge in [-0.1, -0.05) is 56.3 Å². The Morgan fingerprint density at radius 2 is 1.59 bits per heavy atom. The van der Waals surface area contributed by atoms with Crippen LogP contribution in [0.25, 0.3) is 21.8 Å². The fourth-order valence-electron chi connectivity index (χ4n) is 9.38. The van der Waals surface area contributed by atoms with E-state index in [2.05, 4.69) is 4.98 Å². The summed E-state index contributed by atoms with van der Waals surface area (Å²) in [7, 11) is 4.62. The third-order valence-corrected chi connectivity index (χ3v) is 12.7. The number of phenolic OH excluding ortho intramolecular Hbond substituents is 1. The maximum atomic E-state index is 14.6. The number of methoxy groups -OCH3 is 2. The van der Waals surface area contributed by atoms with Gasteiger partial charge in [0.2, 0.25) is 0 Å². The van der Waals surface area contributed by atoms with E-state index in [1.54, 1.807) is 52.9 Å². The molecule has 13 heteroatoms. The van der Waals surface area contributed by atoms with E-state index < -0.39 is 34.2 Å². The first-order valence-electron chi connectivity index (χ1n) is 17.9. The molecular weight excluding hydrogens is 690 g/mol. The number of carbonyl (C=O) groups is 2. The van der Waals surface area contributed by atoms with Crippen molar-refractivity contribution in [3.05, 3.63) is 114 Å². The molecule has 54 heavy (non-hydrogen) atoms. The van der Waals surface area contributed by atoms with Gasteiger partial charge in [-0.15, -0.1) is 0 Å². The van der Waals surface area contributed by atoms with Crippen molar-refractivity contribution in [1.82, 2.24) is 23.5 Å². The summed E-state index contributed by atoms with van der Waals surface area (Å²) in [4.78, 5) is 75.5. The van der Waals surface area contributed by atoms with Gasteiger partial charge < -0.3 is 19.1 Å². The van der Waals surface area contributed by atoms with Crippen LogP contribution in [0.2, 0.25) is 0 Å². The molecule has 5 aromatic rings. The molecule has 2 aromatic heterocycles. The highest BCUT2D eigenvalue weighted by Crippen LogP contribution is 2.67. The number of hydrogen-bond acceptors (Lipinski definition) is 9. The van der Waals surface area contributed by atoms with Gasteiger partial charge in [-0.05, 0) is 42.4 Å². The molecule has 0 radical (unpaired) electrons. The molecule has 0 bridgehead atoms. The third kappa shape index (κ3) is 4.50. The molecule has 13 nitrogen and oxygen atoms in total.